The van der Waals surface area contributed by atoms with E-state index in [4.69, 9.17) is 5.73 Å². The lowest BCUT2D eigenvalue weighted by Crippen LogP contribution is -2.34. The summed E-state index contributed by atoms with van der Waals surface area (Å²) in [7, 11) is 0. The van der Waals surface area contributed by atoms with Crippen molar-refractivity contribution < 1.29 is 0 Å². The molecule has 0 saturated carbocycles. The molecular weight excluding hydrogens is 296 g/mol. The predicted molar refractivity (Wildman–Crippen MR) is 103 cm³/mol. The zero-order chi connectivity index (χ0) is 16.8. The summed E-state index contributed by atoms with van der Waals surface area (Å²) in [5.74, 6) is 1.10. The Hall–Kier alpha value is -1.55. The Labute approximate surface area is 146 Å². The number of piperidine rings is 1. The number of aryl methyl sites for hydroxylation is 1. The molecule has 1 fully saturated rings. The monoisotopic (exact) mass is 328 g/mol. The molecule has 3 rings (SSSR count). The van der Waals surface area contributed by atoms with Gasteiger partial charge in [-0.2, -0.15) is 0 Å². The van der Waals surface area contributed by atoms with Crippen LogP contribution in [0.5, 0.6) is 0 Å². The lowest BCUT2D eigenvalue weighted by Gasteiger charge is -2.28. The van der Waals surface area contributed by atoms with Crippen LogP contribution < -0.4 is 11.1 Å². The van der Waals surface area contributed by atoms with Crippen molar-refractivity contribution in [3.05, 3.63) is 29.3 Å². The predicted octanol–water partition coefficient (Wildman–Crippen LogP) is 3.41. The molecule has 1 aliphatic heterocycles. The highest BCUT2D eigenvalue weighted by atomic mass is 15.1. The van der Waals surface area contributed by atoms with Gasteiger partial charge in [0.15, 0.2) is 5.96 Å². The molecule has 1 aromatic carbocycles. The molecule has 0 aromatic heterocycles. The number of hydrogen-bond donors (Lipinski definition) is 2. The van der Waals surface area contributed by atoms with Crippen molar-refractivity contribution >= 4 is 11.6 Å². The van der Waals surface area contributed by atoms with Crippen molar-refractivity contribution in [2.45, 2.75) is 51.9 Å². The van der Waals surface area contributed by atoms with E-state index in [1.165, 1.54) is 62.7 Å². The second-order valence-corrected chi connectivity index (χ2v) is 7.47. The highest BCUT2D eigenvalue weighted by Crippen LogP contribution is 2.27. The molecule has 132 valence electrons. The first-order valence-electron chi connectivity index (χ1n) is 9.62. The van der Waals surface area contributed by atoms with Gasteiger partial charge in [-0.15, -0.1) is 0 Å². The van der Waals surface area contributed by atoms with Gasteiger partial charge in [0.25, 0.3) is 0 Å². The molecule has 0 bridgehead atoms. The molecule has 1 saturated heterocycles. The number of nitrogens with zero attached hydrogens (tertiary/aromatic N) is 2. The maximum absolute atomic E-state index is 6.15. The lowest BCUT2D eigenvalue weighted by atomic mass is 9.90. The van der Waals surface area contributed by atoms with Crippen LogP contribution in [0.2, 0.25) is 0 Å². The van der Waals surface area contributed by atoms with Gasteiger partial charge in [-0.1, -0.05) is 25.5 Å². The van der Waals surface area contributed by atoms with Gasteiger partial charge in [-0.3, -0.25) is 4.99 Å². The largest absolute Gasteiger partial charge is 0.370 e. The minimum Gasteiger partial charge on any atom is -0.370 e. The molecule has 24 heavy (non-hydrogen) atoms. The third kappa shape index (κ3) is 4.73. The molecule has 1 aromatic rings. The van der Waals surface area contributed by atoms with Crippen LogP contribution >= 0.6 is 0 Å². The van der Waals surface area contributed by atoms with Crippen LogP contribution in [0, 0.1) is 5.92 Å². The number of benzene rings is 1. The number of guanidine groups is 1. The van der Waals surface area contributed by atoms with Gasteiger partial charge in [0, 0.05) is 18.8 Å². The first-order chi connectivity index (χ1) is 11.7. The summed E-state index contributed by atoms with van der Waals surface area (Å²) in [6.45, 7) is 6.70. The Morgan fingerprint density at radius 3 is 2.79 bits per heavy atom. The van der Waals surface area contributed by atoms with Crippen molar-refractivity contribution in [3.63, 3.8) is 0 Å². The van der Waals surface area contributed by atoms with Gasteiger partial charge in [-0.25, -0.2) is 0 Å². The van der Waals surface area contributed by atoms with E-state index in [2.05, 4.69) is 40.3 Å². The Morgan fingerprint density at radius 2 is 1.96 bits per heavy atom. The fraction of sp³-hybridized carbons (Fsp3) is 0.650. The molecule has 3 N–H and O–H groups in total. The van der Waals surface area contributed by atoms with Gasteiger partial charge >= 0.3 is 0 Å². The quantitative estimate of drug-likeness (QED) is 0.643. The Kier molecular flexibility index (Phi) is 6.13. The molecule has 1 aliphatic carbocycles. The fourth-order valence-corrected chi connectivity index (χ4v) is 3.97. The SMILES string of the molecule is CC(CN=C(N)Nc1cccc2c1CCCC2)CN1CCCCC1. The van der Waals surface area contributed by atoms with Crippen molar-refractivity contribution in [2.24, 2.45) is 16.6 Å². The van der Waals surface area contributed by atoms with E-state index in [0.29, 0.717) is 11.9 Å². The summed E-state index contributed by atoms with van der Waals surface area (Å²) in [5, 5.41) is 3.34. The summed E-state index contributed by atoms with van der Waals surface area (Å²) in [4.78, 5) is 7.16. The number of likely N-dealkylation sites (tertiary alicyclic amines) is 1. The van der Waals surface area contributed by atoms with Crippen molar-refractivity contribution in [1.82, 2.24) is 4.90 Å². The Bertz CT molecular complexity index is 561. The summed E-state index contributed by atoms with van der Waals surface area (Å²) in [6.07, 6.45) is 8.99. The maximum Gasteiger partial charge on any atom is 0.193 e. The van der Waals surface area contributed by atoms with Crippen molar-refractivity contribution in [2.75, 3.05) is 31.5 Å². The molecule has 0 spiro atoms. The lowest BCUT2D eigenvalue weighted by molar-refractivity contribution is 0.203. The molecule has 4 nitrogen and oxygen atoms in total. The zero-order valence-electron chi connectivity index (χ0n) is 15.1. The summed E-state index contributed by atoms with van der Waals surface area (Å²) < 4.78 is 0. The van der Waals surface area contributed by atoms with Crippen LogP contribution in [0.15, 0.2) is 23.2 Å². The van der Waals surface area contributed by atoms with Crippen LogP contribution in [-0.4, -0.2) is 37.0 Å². The van der Waals surface area contributed by atoms with E-state index < -0.39 is 0 Å². The van der Waals surface area contributed by atoms with E-state index in [1.54, 1.807) is 0 Å². The number of hydrogen-bond acceptors (Lipinski definition) is 2. The van der Waals surface area contributed by atoms with E-state index in [-0.39, 0.29) is 0 Å². The first-order valence-corrected chi connectivity index (χ1v) is 9.62. The van der Waals surface area contributed by atoms with Crippen molar-refractivity contribution in [1.29, 1.82) is 0 Å². The fourth-order valence-electron chi connectivity index (χ4n) is 3.97. The van der Waals surface area contributed by atoms with Gasteiger partial charge in [-0.05, 0) is 74.7 Å². The highest BCUT2D eigenvalue weighted by molar-refractivity contribution is 5.93. The van der Waals surface area contributed by atoms with Crippen LogP contribution in [0.4, 0.5) is 5.69 Å². The molecule has 4 heteroatoms. The standard InChI is InChI=1S/C20H32N4/c1-16(15-24-12-5-2-6-13-24)14-22-20(21)23-19-11-7-9-17-8-3-4-10-18(17)19/h7,9,11,16H,2-6,8,10,12-15H2,1H3,(H3,21,22,23). The van der Waals surface area contributed by atoms with Crippen LogP contribution in [0.1, 0.15) is 50.2 Å². The number of anilines is 1. The van der Waals surface area contributed by atoms with Gasteiger partial charge in [0.05, 0.1) is 0 Å². The average molecular weight is 329 g/mol. The van der Waals surface area contributed by atoms with Crippen LogP contribution in [-0.2, 0) is 12.8 Å². The average Bonchev–Trinajstić information content (AvgIpc) is 2.61. The van der Waals surface area contributed by atoms with Gasteiger partial charge in [0.2, 0.25) is 0 Å². The van der Waals surface area contributed by atoms with Crippen LogP contribution in [0.25, 0.3) is 0 Å². The van der Waals surface area contributed by atoms with E-state index in [9.17, 15) is 0 Å². The molecule has 0 amide bonds. The summed E-state index contributed by atoms with van der Waals surface area (Å²) in [6, 6.07) is 6.50. The first kappa shape index (κ1) is 17.3. The smallest absolute Gasteiger partial charge is 0.193 e. The van der Waals surface area contributed by atoms with Crippen molar-refractivity contribution in [3.8, 4) is 0 Å². The van der Waals surface area contributed by atoms with E-state index in [0.717, 1.165) is 25.2 Å². The Balaban J connectivity index is 1.52. The minimum absolute atomic E-state index is 0.549. The molecule has 2 aliphatic rings. The molecule has 1 atom stereocenters. The normalized spacial score (nSPS) is 20.5. The van der Waals surface area contributed by atoms with Crippen LogP contribution in [0.3, 0.4) is 0 Å². The van der Waals surface area contributed by atoms with E-state index in [1.807, 2.05) is 0 Å². The number of rotatable bonds is 5. The third-order valence-corrected chi connectivity index (χ3v) is 5.25. The Morgan fingerprint density at radius 1 is 1.17 bits per heavy atom. The molecule has 0 radical (unpaired) electrons. The zero-order valence-corrected chi connectivity index (χ0v) is 15.1. The molecule has 1 heterocycles. The summed E-state index contributed by atoms with van der Waals surface area (Å²) >= 11 is 0. The van der Waals surface area contributed by atoms with E-state index >= 15 is 0 Å². The maximum atomic E-state index is 6.15. The number of fused-ring (bicyclic) bond motifs is 1. The number of aliphatic imine (C=N–C) groups is 1. The third-order valence-electron chi connectivity index (χ3n) is 5.25. The van der Waals surface area contributed by atoms with Gasteiger partial charge < -0.3 is 16.0 Å². The molecule has 1 unspecified atom stereocenters. The number of nitrogens with one attached hydrogen (secondary N) is 1. The second-order valence-electron chi connectivity index (χ2n) is 7.47. The van der Waals surface area contributed by atoms with Gasteiger partial charge in [0.1, 0.15) is 0 Å². The summed E-state index contributed by atoms with van der Waals surface area (Å²) in [5.41, 5.74) is 10.2. The minimum atomic E-state index is 0.549. The number of nitrogens with two attached hydrogens (primary N) is 1. The molecular formula is C20H32N4. The highest BCUT2D eigenvalue weighted by Gasteiger charge is 2.14. The second kappa shape index (κ2) is 8.52. The topological polar surface area (TPSA) is 53.6 Å².